The van der Waals surface area contributed by atoms with Crippen molar-refractivity contribution in [1.82, 2.24) is 20.3 Å². The van der Waals surface area contributed by atoms with E-state index in [1.165, 1.54) is 16.2 Å². The summed E-state index contributed by atoms with van der Waals surface area (Å²) in [7, 11) is 0. The van der Waals surface area contributed by atoms with Gasteiger partial charge in [0.15, 0.2) is 0 Å². The monoisotopic (exact) mass is 356 g/mol. The number of nitrogens with one attached hydrogen (secondary N) is 1. The van der Waals surface area contributed by atoms with Crippen molar-refractivity contribution in [3.05, 3.63) is 54.0 Å². The Kier molecular flexibility index (Phi) is 5.72. The molecule has 0 atom stereocenters. The van der Waals surface area contributed by atoms with E-state index in [-0.39, 0.29) is 11.9 Å². The largest absolute Gasteiger partial charge is 0.349 e. The van der Waals surface area contributed by atoms with E-state index in [0.717, 1.165) is 5.56 Å². The fourth-order valence-electron chi connectivity index (χ4n) is 2.47. The summed E-state index contributed by atoms with van der Waals surface area (Å²) in [6, 6.07) is 6.71. The lowest BCUT2D eigenvalue weighted by Crippen LogP contribution is -2.33. The zero-order valence-electron chi connectivity index (χ0n) is 14.2. The maximum Gasteiger partial charge on any atom is 0.349 e. The molecule has 1 fully saturated rings. The number of hydrogen-bond donors (Lipinski definition) is 2. The molecule has 0 bridgehead atoms. The van der Waals surface area contributed by atoms with Gasteiger partial charge in [-0.2, -0.15) is 0 Å². The van der Waals surface area contributed by atoms with Crippen molar-refractivity contribution >= 4 is 17.8 Å². The molecule has 3 rings (SSSR count). The summed E-state index contributed by atoms with van der Waals surface area (Å²) in [5.74, 6) is 0.334. The molecule has 0 radical (unpaired) electrons. The smallest absolute Gasteiger partial charge is 0.348 e. The quantitative estimate of drug-likeness (QED) is 0.748. The molecule has 3 N–H and O–H groups in total. The van der Waals surface area contributed by atoms with Crippen LogP contribution in [0.15, 0.2) is 42.9 Å². The summed E-state index contributed by atoms with van der Waals surface area (Å²) in [5, 5.41) is 4.09. The Bertz CT molecular complexity index is 753. The molecule has 1 saturated heterocycles. The lowest BCUT2D eigenvalue weighted by Gasteiger charge is -2.17. The van der Waals surface area contributed by atoms with E-state index in [2.05, 4.69) is 15.3 Å². The Labute approximate surface area is 150 Å². The van der Waals surface area contributed by atoms with Crippen LogP contribution in [0.1, 0.15) is 15.9 Å². The first kappa shape index (κ1) is 17.8. The van der Waals surface area contributed by atoms with Crippen LogP contribution < -0.4 is 16.0 Å². The van der Waals surface area contributed by atoms with Crippen molar-refractivity contribution in [2.75, 3.05) is 31.1 Å². The molecule has 0 saturated carbocycles. The van der Waals surface area contributed by atoms with Gasteiger partial charge in [0.1, 0.15) is 5.82 Å². The Morgan fingerprint density at radius 2 is 2.15 bits per heavy atom. The maximum atomic E-state index is 12.3. The number of carbonyl (C=O) groups is 2. The average Bonchev–Trinajstić information content (AvgIpc) is 3.06. The fraction of sp³-hybridized carbons (Fsp3) is 0.294. The Hall–Kier alpha value is -3.04. The Morgan fingerprint density at radius 1 is 1.27 bits per heavy atom. The number of urea groups is 1. The third-order valence-electron chi connectivity index (χ3n) is 3.80. The van der Waals surface area contributed by atoms with Gasteiger partial charge in [-0.1, -0.05) is 6.07 Å². The minimum atomic E-state index is -0.261. The van der Waals surface area contributed by atoms with Crippen molar-refractivity contribution in [3.8, 4) is 0 Å². The fourth-order valence-corrected chi connectivity index (χ4v) is 2.47. The summed E-state index contributed by atoms with van der Waals surface area (Å²) in [6.07, 6.45) is 4.75. The second kappa shape index (κ2) is 8.37. The first-order chi connectivity index (χ1) is 12.7. The molecule has 9 nitrogen and oxygen atoms in total. The highest BCUT2D eigenvalue weighted by atomic mass is 16.7. The number of amides is 3. The zero-order chi connectivity index (χ0) is 18.4. The molecule has 0 spiro atoms. The van der Waals surface area contributed by atoms with Crippen LogP contribution in [0.25, 0.3) is 0 Å². The number of nitrogens with two attached hydrogens (primary N) is 1. The molecule has 0 unspecified atom stereocenters. The number of pyridine rings is 2. The van der Waals surface area contributed by atoms with Crippen LogP contribution in [0.3, 0.4) is 0 Å². The first-order valence-electron chi connectivity index (χ1n) is 8.24. The number of nitrogens with zero attached hydrogens (tertiary/aromatic N) is 4. The molecule has 1 aliphatic rings. The molecule has 3 amide bonds. The molecule has 26 heavy (non-hydrogen) atoms. The van der Waals surface area contributed by atoms with Crippen molar-refractivity contribution in [1.29, 1.82) is 0 Å². The van der Waals surface area contributed by atoms with Gasteiger partial charge in [-0.25, -0.2) is 14.8 Å². The molecule has 9 heteroatoms. The molecular formula is C17H20N6O3. The van der Waals surface area contributed by atoms with E-state index in [0.29, 0.717) is 44.2 Å². The summed E-state index contributed by atoms with van der Waals surface area (Å²) >= 11 is 0. The molecule has 136 valence electrons. The highest BCUT2D eigenvalue weighted by molar-refractivity contribution is 5.94. The van der Waals surface area contributed by atoms with Crippen LogP contribution in [0.4, 0.5) is 10.6 Å². The van der Waals surface area contributed by atoms with E-state index < -0.39 is 0 Å². The van der Waals surface area contributed by atoms with E-state index in [1.807, 2.05) is 6.07 Å². The van der Waals surface area contributed by atoms with Gasteiger partial charge in [0.05, 0.1) is 18.7 Å². The molecule has 3 heterocycles. The molecule has 2 aromatic heterocycles. The standard InChI is InChI=1S/C17H20N6O3/c18-5-9-26-23-8-7-22(17(23)25)15-4-3-13(10-20-15)11-21-16(24)14-2-1-6-19-12-14/h1-4,6,10,12H,5,7-9,11,18H2,(H,21,24). The number of hydroxylamine groups is 2. The maximum absolute atomic E-state index is 12.3. The van der Waals surface area contributed by atoms with Gasteiger partial charge in [0.25, 0.3) is 5.91 Å². The van der Waals surface area contributed by atoms with Gasteiger partial charge in [-0.05, 0) is 23.8 Å². The Balaban J connectivity index is 1.55. The third kappa shape index (κ3) is 4.13. The van der Waals surface area contributed by atoms with Crippen molar-refractivity contribution < 1.29 is 14.4 Å². The van der Waals surface area contributed by atoms with Crippen molar-refractivity contribution in [2.24, 2.45) is 5.73 Å². The summed E-state index contributed by atoms with van der Waals surface area (Å²) in [4.78, 5) is 39.3. The molecular weight excluding hydrogens is 336 g/mol. The predicted octanol–water partition coefficient (Wildman–Crippen LogP) is 0.539. The number of rotatable bonds is 7. The predicted molar refractivity (Wildman–Crippen MR) is 94.1 cm³/mol. The summed E-state index contributed by atoms with van der Waals surface area (Å²) < 4.78 is 0. The number of hydrogen-bond acceptors (Lipinski definition) is 6. The van der Waals surface area contributed by atoms with E-state index in [9.17, 15) is 9.59 Å². The lowest BCUT2D eigenvalue weighted by molar-refractivity contribution is -0.0994. The first-order valence-corrected chi connectivity index (χ1v) is 8.24. The minimum absolute atomic E-state index is 0.204. The number of anilines is 1. The van der Waals surface area contributed by atoms with Crippen LogP contribution in [0.5, 0.6) is 0 Å². The number of aromatic nitrogens is 2. The van der Waals surface area contributed by atoms with Crippen LogP contribution in [0, 0.1) is 0 Å². The second-order valence-corrected chi connectivity index (χ2v) is 5.61. The van der Waals surface area contributed by atoms with E-state index in [4.69, 9.17) is 10.6 Å². The topological polar surface area (TPSA) is 114 Å². The molecule has 0 aromatic carbocycles. The van der Waals surface area contributed by atoms with Crippen molar-refractivity contribution in [2.45, 2.75) is 6.54 Å². The lowest BCUT2D eigenvalue weighted by atomic mass is 10.2. The highest BCUT2D eigenvalue weighted by Crippen LogP contribution is 2.18. The van der Waals surface area contributed by atoms with Gasteiger partial charge in [-0.15, -0.1) is 0 Å². The summed E-state index contributed by atoms with van der Waals surface area (Å²) in [5.41, 5.74) is 6.70. The van der Waals surface area contributed by atoms with E-state index >= 15 is 0 Å². The van der Waals surface area contributed by atoms with Gasteiger partial charge in [-0.3, -0.25) is 19.5 Å². The van der Waals surface area contributed by atoms with Gasteiger partial charge < -0.3 is 11.1 Å². The van der Waals surface area contributed by atoms with Crippen LogP contribution in [-0.2, 0) is 11.4 Å². The van der Waals surface area contributed by atoms with Crippen molar-refractivity contribution in [3.63, 3.8) is 0 Å². The number of carbonyl (C=O) groups excluding carboxylic acids is 2. The van der Waals surface area contributed by atoms with Crippen LogP contribution in [-0.4, -0.2) is 53.2 Å². The van der Waals surface area contributed by atoms with Gasteiger partial charge >= 0.3 is 6.03 Å². The minimum Gasteiger partial charge on any atom is -0.348 e. The summed E-state index contributed by atoms with van der Waals surface area (Å²) in [6.45, 7) is 1.93. The third-order valence-corrected chi connectivity index (χ3v) is 3.80. The molecule has 1 aliphatic heterocycles. The molecule has 2 aromatic rings. The van der Waals surface area contributed by atoms with Gasteiger partial charge in [0.2, 0.25) is 0 Å². The van der Waals surface area contributed by atoms with Gasteiger partial charge in [0, 0.05) is 38.2 Å². The molecule has 0 aliphatic carbocycles. The Morgan fingerprint density at radius 3 is 2.85 bits per heavy atom. The van der Waals surface area contributed by atoms with E-state index in [1.54, 1.807) is 30.6 Å². The normalized spacial score (nSPS) is 14.0. The second-order valence-electron chi connectivity index (χ2n) is 5.61. The highest BCUT2D eigenvalue weighted by Gasteiger charge is 2.31. The van der Waals surface area contributed by atoms with Crippen LogP contribution in [0.2, 0.25) is 0 Å². The zero-order valence-corrected chi connectivity index (χ0v) is 14.2. The average molecular weight is 356 g/mol. The van der Waals surface area contributed by atoms with Crippen LogP contribution >= 0.6 is 0 Å². The SMILES string of the molecule is NCCON1CCN(c2ccc(CNC(=O)c3cccnc3)cn2)C1=O.